The van der Waals surface area contributed by atoms with Crippen molar-refractivity contribution in [2.24, 2.45) is 0 Å². The van der Waals surface area contributed by atoms with E-state index in [-0.39, 0.29) is 11.9 Å². The summed E-state index contributed by atoms with van der Waals surface area (Å²) in [5.74, 6) is 2.28. The van der Waals surface area contributed by atoms with Crippen molar-refractivity contribution in [3.63, 3.8) is 0 Å². The molecule has 0 spiro atoms. The maximum Gasteiger partial charge on any atom is 0.254 e. The van der Waals surface area contributed by atoms with Gasteiger partial charge in [0.25, 0.3) is 5.91 Å². The standard InChI is InChI=1S/C18H24N4O3/c1-3-17-19-10-14(11-20-17)18(23)21-12-15(16-5-4-13(2)25-16)22-6-8-24-9-7-22/h4-5,10-11,15H,3,6-9,12H2,1-2H3,(H,21,23)/t15-/m1/s1. The number of aryl methyl sites for hydroxylation is 2. The molecule has 3 rings (SSSR count). The summed E-state index contributed by atoms with van der Waals surface area (Å²) in [6.07, 6.45) is 3.89. The van der Waals surface area contributed by atoms with E-state index < -0.39 is 0 Å². The van der Waals surface area contributed by atoms with Crippen molar-refractivity contribution in [2.45, 2.75) is 26.3 Å². The van der Waals surface area contributed by atoms with Crippen LogP contribution in [0.5, 0.6) is 0 Å². The molecule has 1 N–H and O–H groups in total. The van der Waals surface area contributed by atoms with Gasteiger partial charge in [0, 0.05) is 38.4 Å². The Bertz CT molecular complexity index is 693. The number of carbonyl (C=O) groups is 1. The van der Waals surface area contributed by atoms with Crippen LogP contribution in [-0.2, 0) is 11.2 Å². The van der Waals surface area contributed by atoms with E-state index in [0.29, 0.717) is 25.3 Å². The number of hydrogen-bond donors (Lipinski definition) is 1. The fraction of sp³-hybridized carbons (Fsp3) is 0.500. The van der Waals surface area contributed by atoms with Crippen LogP contribution in [0.25, 0.3) is 0 Å². The number of morpholine rings is 1. The number of furan rings is 1. The second-order valence-electron chi connectivity index (χ2n) is 6.06. The predicted molar refractivity (Wildman–Crippen MR) is 92.3 cm³/mol. The average Bonchev–Trinajstić information content (AvgIpc) is 3.09. The number of amides is 1. The van der Waals surface area contributed by atoms with E-state index in [1.165, 1.54) is 0 Å². The average molecular weight is 344 g/mol. The first-order valence-corrected chi connectivity index (χ1v) is 8.64. The Kier molecular flexibility index (Phi) is 5.78. The van der Waals surface area contributed by atoms with Gasteiger partial charge in [-0.2, -0.15) is 0 Å². The lowest BCUT2D eigenvalue weighted by Gasteiger charge is -2.33. The van der Waals surface area contributed by atoms with Crippen molar-refractivity contribution in [2.75, 3.05) is 32.8 Å². The molecule has 0 unspecified atom stereocenters. The van der Waals surface area contributed by atoms with Gasteiger partial charge in [-0.3, -0.25) is 9.69 Å². The van der Waals surface area contributed by atoms with Crippen LogP contribution in [-0.4, -0.2) is 53.6 Å². The minimum Gasteiger partial charge on any atom is -0.465 e. The van der Waals surface area contributed by atoms with Crippen molar-refractivity contribution in [1.29, 1.82) is 0 Å². The van der Waals surface area contributed by atoms with E-state index in [2.05, 4.69) is 20.2 Å². The van der Waals surface area contributed by atoms with Crippen LogP contribution < -0.4 is 5.32 Å². The zero-order valence-electron chi connectivity index (χ0n) is 14.7. The Labute approximate surface area is 147 Å². The molecule has 2 aromatic rings. The van der Waals surface area contributed by atoms with Gasteiger partial charge in [0.15, 0.2) is 0 Å². The van der Waals surface area contributed by atoms with Crippen LogP contribution in [0.15, 0.2) is 28.9 Å². The van der Waals surface area contributed by atoms with Gasteiger partial charge in [0.05, 0.1) is 24.8 Å². The highest BCUT2D eigenvalue weighted by Crippen LogP contribution is 2.23. The van der Waals surface area contributed by atoms with Crippen LogP contribution in [0.3, 0.4) is 0 Å². The van der Waals surface area contributed by atoms with Crippen LogP contribution in [0, 0.1) is 6.92 Å². The molecule has 1 saturated heterocycles. The largest absolute Gasteiger partial charge is 0.465 e. The third-order valence-corrected chi connectivity index (χ3v) is 4.32. The minimum atomic E-state index is -0.177. The molecule has 0 saturated carbocycles. The number of nitrogens with one attached hydrogen (secondary N) is 1. The van der Waals surface area contributed by atoms with Crippen molar-refractivity contribution in [3.8, 4) is 0 Å². The molecule has 1 amide bonds. The highest BCUT2D eigenvalue weighted by molar-refractivity contribution is 5.93. The van der Waals surface area contributed by atoms with Gasteiger partial charge in [-0.1, -0.05) is 6.92 Å². The van der Waals surface area contributed by atoms with E-state index in [9.17, 15) is 4.79 Å². The molecule has 25 heavy (non-hydrogen) atoms. The maximum absolute atomic E-state index is 12.4. The Morgan fingerprint density at radius 3 is 2.60 bits per heavy atom. The first kappa shape index (κ1) is 17.6. The summed E-state index contributed by atoms with van der Waals surface area (Å²) in [5.41, 5.74) is 0.466. The van der Waals surface area contributed by atoms with Crippen LogP contribution in [0.4, 0.5) is 0 Å². The minimum absolute atomic E-state index is 0.0163. The van der Waals surface area contributed by atoms with Crippen molar-refractivity contribution >= 4 is 5.91 Å². The van der Waals surface area contributed by atoms with Crippen molar-refractivity contribution in [1.82, 2.24) is 20.2 Å². The summed E-state index contributed by atoms with van der Waals surface area (Å²) in [6.45, 7) is 7.37. The summed E-state index contributed by atoms with van der Waals surface area (Å²) in [4.78, 5) is 23.0. The number of aromatic nitrogens is 2. The van der Waals surface area contributed by atoms with E-state index >= 15 is 0 Å². The predicted octanol–water partition coefficient (Wildman–Crippen LogP) is 1.74. The first-order valence-electron chi connectivity index (χ1n) is 8.64. The Hall–Kier alpha value is -2.25. The lowest BCUT2D eigenvalue weighted by molar-refractivity contribution is 0.0117. The summed E-state index contributed by atoms with van der Waals surface area (Å²) in [7, 11) is 0. The molecule has 3 heterocycles. The van der Waals surface area contributed by atoms with Gasteiger partial charge < -0.3 is 14.5 Å². The highest BCUT2D eigenvalue weighted by atomic mass is 16.5. The van der Waals surface area contributed by atoms with E-state index in [0.717, 1.165) is 36.9 Å². The van der Waals surface area contributed by atoms with E-state index in [1.54, 1.807) is 12.4 Å². The fourth-order valence-electron chi connectivity index (χ4n) is 2.88. The van der Waals surface area contributed by atoms with Gasteiger partial charge in [0.2, 0.25) is 0 Å². The van der Waals surface area contributed by atoms with E-state index in [4.69, 9.17) is 9.15 Å². The zero-order valence-corrected chi connectivity index (χ0v) is 14.7. The van der Waals surface area contributed by atoms with Gasteiger partial charge in [0.1, 0.15) is 17.3 Å². The van der Waals surface area contributed by atoms with Crippen molar-refractivity contribution < 1.29 is 13.9 Å². The number of carbonyl (C=O) groups excluding carboxylic acids is 1. The molecule has 0 bridgehead atoms. The number of ether oxygens (including phenoxy) is 1. The molecular weight excluding hydrogens is 320 g/mol. The molecule has 0 radical (unpaired) electrons. The van der Waals surface area contributed by atoms with Gasteiger partial charge in [-0.15, -0.1) is 0 Å². The normalized spacial score (nSPS) is 16.6. The maximum atomic E-state index is 12.4. The molecule has 1 aliphatic rings. The fourth-order valence-corrected chi connectivity index (χ4v) is 2.88. The number of rotatable bonds is 6. The topological polar surface area (TPSA) is 80.5 Å². The van der Waals surface area contributed by atoms with Crippen LogP contribution in [0.2, 0.25) is 0 Å². The molecule has 2 aromatic heterocycles. The zero-order chi connectivity index (χ0) is 17.6. The molecule has 1 atom stereocenters. The summed E-state index contributed by atoms with van der Waals surface area (Å²) in [5, 5.41) is 2.98. The number of nitrogens with zero attached hydrogens (tertiary/aromatic N) is 3. The smallest absolute Gasteiger partial charge is 0.254 e. The molecule has 0 aliphatic carbocycles. The van der Waals surface area contributed by atoms with Crippen molar-refractivity contribution in [3.05, 3.63) is 47.4 Å². The third kappa shape index (κ3) is 4.43. The molecule has 1 fully saturated rings. The number of hydrogen-bond acceptors (Lipinski definition) is 6. The van der Waals surface area contributed by atoms with E-state index in [1.807, 2.05) is 26.0 Å². The lowest BCUT2D eigenvalue weighted by atomic mass is 10.1. The molecule has 7 heteroatoms. The quantitative estimate of drug-likeness (QED) is 0.860. The summed E-state index contributed by atoms with van der Waals surface area (Å²) in [6, 6.07) is 3.90. The SMILES string of the molecule is CCc1ncc(C(=O)NC[C@H](c2ccc(C)o2)N2CCOCC2)cn1. The Morgan fingerprint density at radius 1 is 1.28 bits per heavy atom. The summed E-state index contributed by atoms with van der Waals surface area (Å²) >= 11 is 0. The second-order valence-corrected chi connectivity index (χ2v) is 6.06. The lowest BCUT2D eigenvalue weighted by Crippen LogP contribution is -2.43. The summed E-state index contributed by atoms with van der Waals surface area (Å²) < 4.78 is 11.2. The molecular formula is C18H24N4O3. The molecule has 7 nitrogen and oxygen atoms in total. The molecule has 1 aliphatic heterocycles. The Morgan fingerprint density at radius 2 is 2.00 bits per heavy atom. The van der Waals surface area contributed by atoms with Gasteiger partial charge >= 0.3 is 0 Å². The Balaban J connectivity index is 1.67. The third-order valence-electron chi connectivity index (χ3n) is 4.32. The second kappa shape index (κ2) is 8.22. The van der Waals surface area contributed by atoms with Gasteiger partial charge in [-0.05, 0) is 19.1 Å². The first-order chi connectivity index (χ1) is 12.2. The highest BCUT2D eigenvalue weighted by Gasteiger charge is 2.25. The molecule has 134 valence electrons. The molecule has 0 aromatic carbocycles. The van der Waals surface area contributed by atoms with Gasteiger partial charge in [-0.25, -0.2) is 9.97 Å². The van der Waals surface area contributed by atoms with Crippen LogP contribution in [0.1, 0.15) is 40.7 Å². The van der Waals surface area contributed by atoms with Crippen LogP contribution >= 0.6 is 0 Å². The monoisotopic (exact) mass is 344 g/mol.